The van der Waals surface area contributed by atoms with Gasteiger partial charge in [-0.25, -0.2) is 0 Å². The Labute approximate surface area is 127 Å². The van der Waals surface area contributed by atoms with Gasteiger partial charge in [-0.3, -0.25) is 4.99 Å². The molecule has 21 heavy (non-hydrogen) atoms. The fourth-order valence-electron chi connectivity index (χ4n) is 2.77. The standard InChI is InChI=1S/C15H28N6/c1-3-14-20-18-12-21(14)11-10-17-15(16-4-2)19-13-8-6-5-7-9-13/h12-13H,3-11H2,1-2H3,(H2,16,17,19). The Morgan fingerprint density at radius 2 is 2.14 bits per heavy atom. The van der Waals surface area contributed by atoms with E-state index in [1.807, 2.05) is 0 Å². The maximum Gasteiger partial charge on any atom is 0.191 e. The number of nitrogens with zero attached hydrogens (tertiary/aromatic N) is 4. The predicted octanol–water partition coefficient (Wildman–Crippen LogP) is 1.73. The molecule has 2 N–H and O–H groups in total. The fraction of sp³-hybridized carbons (Fsp3) is 0.800. The average molecular weight is 292 g/mol. The first-order valence-electron chi connectivity index (χ1n) is 8.25. The SMILES string of the molecule is CCNC(=NCCn1cnnc1CC)NC1CCCCC1. The van der Waals surface area contributed by atoms with Gasteiger partial charge in [-0.05, 0) is 19.8 Å². The first-order chi connectivity index (χ1) is 10.3. The van der Waals surface area contributed by atoms with Gasteiger partial charge in [0, 0.05) is 25.6 Å². The number of aliphatic imine (C=N–C) groups is 1. The zero-order chi connectivity index (χ0) is 14.9. The molecular weight excluding hydrogens is 264 g/mol. The third-order valence-corrected chi connectivity index (χ3v) is 3.91. The third-order valence-electron chi connectivity index (χ3n) is 3.91. The van der Waals surface area contributed by atoms with Gasteiger partial charge in [0.2, 0.25) is 0 Å². The molecule has 1 saturated carbocycles. The number of rotatable bonds is 6. The molecule has 0 unspecified atom stereocenters. The van der Waals surface area contributed by atoms with Crippen LogP contribution in [0.4, 0.5) is 0 Å². The van der Waals surface area contributed by atoms with Crippen molar-refractivity contribution >= 4 is 5.96 Å². The van der Waals surface area contributed by atoms with E-state index in [0.717, 1.165) is 37.8 Å². The molecule has 1 heterocycles. The van der Waals surface area contributed by atoms with Gasteiger partial charge in [-0.15, -0.1) is 10.2 Å². The summed E-state index contributed by atoms with van der Waals surface area (Å²) in [6, 6.07) is 0.581. The van der Waals surface area contributed by atoms with Gasteiger partial charge in [-0.1, -0.05) is 26.2 Å². The van der Waals surface area contributed by atoms with Crippen LogP contribution in [0.2, 0.25) is 0 Å². The number of aryl methyl sites for hydroxylation is 1. The zero-order valence-electron chi connectivity index (χ0n) is 13.3. The molecule has 1 aromatic heterocycles. The molecule has 2 rings (SSSR count). The van der Waals surface area contributed by atoms with E-state index < -0.39 is 0 Å². The number of hydrogen-bond acceptors (Lipinski definition) is 3. The molecule has 6 nitrogen and oxygen atoms in total. The van der Waals surface area contributed by atoms with Crippen molar-refractivity contribution in [2.24, 2.45) is 4.99 Å². The van der Waals surface area contributed by atoms with Crippen molar-refractivity contribution in [3.8, 4) is 0 Å². The number of hydrogen-bond donors (Lipinski definition) is 2. The summed E-state index contributed by atoms with van der Waals surface area (Å²) in [6.07, 6.45) is 9.25. The molecule has 0 aliphatic heterocycles. The van der Waals surface area contributed by atoms with E-state index in [4.69, 9.17) is 0 Å². The Balaban J connectivity index is 1.84. The molecule has 0 bridgehead atoms. The first kappa shape index (κ1) is 15.8. The topological polar surface area (TPSA) is 67.1 Å². The lowest BCUT2D eigenvalue weighted by Gasteiger charge is -2.24. The van der Waals surface area contributed by atoms with E-state index in [0.29, 0.717) is 6.04 Å². The quantitative estimate of drug-likeness (QED) is 0.619. The highest BCUT2D eigenvalue weighted by molar-refractivity contribution is 5.80. The molecule has 6 heteroatoms. The summed E-state index contributed by atoms with van der Waals surface area (Å²) in [5.74, 6) is 1.96. The minimum atomic E-state index is 0.581. The normalized spacial score (nSPS) is 17.0. The second-order valence-corrected chi connectivity index (χ2v) is 5.53. The summed E-state index contributed by atoms with van der Waals surface area (Å²) < 4.78 is 2.08. The molecule has 0 atom stereocenters. The van der Waals surface area contributed by atoms with Crippen LogP contribution < -0.4 is 10.6 Å². The number of nitrogens with one attached hydrogen (secondary N) is 2. The van der Waals surface area contributed by atoms with Crippen LogP contribution in [0.1, 0.15) is 51.8 Å². The lowest BCUT2D eigenvalue weighted by atomic mass is 9.96. The van der Waals surface area contributed by atoms with E-state index in [-0.39, 0.29) is 0 Å². The minimum Gasteiger partial charge on any atom is -0.357 e. The van der Waals surface area contributed by atoms with Crippen LogP contribution in [0, 0.1) is 0 Å². The van der Waals surface area contributed by atoms with Gasteiger partial charge in [-0.2, -0.15) is 0 Å². The minimum absolute atomic E-state index is 0.581. The van der Waals surface area contributed by atoms with Crippen molar-refractivity contribution in [3.63, 3.8) is 0 Å². The van der Waals surface area contributed by atoms with Gasteiger partial charge in [0.25, 0.3) is 0 Å². The van der Waals surface area contributed by atoms with Crippen LogP contribution >= 0.6 is 0 Å². The van der Waals surface area contributed by atoms with Crippen molar-refractivity contribution in [2.45, 2.75) is 65.0 Å². The largest absolute Gasteiger partial charge is 0.357 e. The molecule has 0 saturated heterocycles. The Morgan fingerprint density at radius 1 is 1.33 bits per heavy atom. The highest BCUT2D eigenvalue weighted by Gasteiger charge is 2.14. The highest BCUT2D eigenvalue weighted by Crippen LogP contribution is 2.17. The lowest BCUT2D eigenvalue weighted by Crippen LogP contribution is -2.44. The van der Waals surface area contributed by atoms with Crippen molar-refractivity contribution in [1.29, 1.82) is 0 Å². The maximum atomic E-state index is 4.68. The van der Waals surface area contributed by atoms with E-state index in [9.17, 15) is 0 Å². The van der Waals surface area contributed by atoms with E-state index >= 15 is 0 Å². The summed E-state index contributed by atoms with van der Waals surface area (Å²) >= 11 is 0. The van der Waals surface area contributed by atoms with Crippen LogP contribution in [0.3, 0.4) is 0 Å². The van der Waals surface area contributed by atoms with E-state index in [1.165, 1.54) is 32.1 Å². The van der Waals surface area contributed by atoms with E-state index in [1.54, 1.807) is 6.33 Å². The predicted molar refractivity (Wildman–Crippen MR) is 85.4 cm³/mol. The Kier molecular flexibility index (Phi) is 6.50. The maximum absolute atomic E-state index is 4.68. The second kappa shape index (κ2) is 8.64. The Bertz CT molecular complexity index is 433. The van der Waals surface area contributed by atoms with Crippen molar-refractivity contribution in [1.82, 2.24) is 25.4 Å². The van der Waals surface area contributed by atoms with Crippen LogP contribution in [0.25, 0.3) is 0 Å². The summed E-state index contributed by atoms with van der Waals surface area (Å²) in [6.45, 7) is 6.67. The van der Waals surface area contributed by atoms with Gasteiger partial charge >= 0.3 is 0 Å². The smallest absolute Gasteiger partial charge is 0.191 e. The third kappa shape index (κ3) is 5.02. The van der Waals surface area contributed by atoms with Gasteiger partial charge in [0.05, 0.1) is 6.54 Å². The van der Waals surface area contributed by atoms with Crippen molar-refractivity contribution in [2.75, 3.05) is 13.1 Å². The number of guanidine groups is 1. The molecule has 0 aromatic carbocycles. The monoisotopic (exact) mass is 292 g/mol. The molecule has 0 radical (unpaired) electrons. The molecule has 1 aromatic rings. The van der Waals surface area contributed by atoms with Gasteiger partial charge < -0.3 is 15.2 Å². The summed E-state index contributed by atoms with van der Waals surface area (Å²) in [7, 11) is 0. The lowest BCUT2D eigenvalue weighted by molar-refractivity contribution is 0.410. The molecule has 1 fully saturated rings. The fourth-order valence-corrected chi connectivity index (χ4v) is 2.77. The molecular formula is C15H28N6. The Morgan fingerprint density at radius 3 is 2.86 bits per heavy atom. The Hall–Kier alpha value is -1.59. The van der Waals surface area contributed by atoms with Crippen molar-refractivity contribution < 1.29 is 0 Å². The average Bonchev–Trinajstić information content (AvgIpc) is 2.96. The highest BCUT2D eigenvalue weighted by atomic mass is 15.3. The van der Waals surface area contributed by atoms with Crippen LogP contribution in [0.15, 0.2) is 11.3 Å². The molecule has 118 valence electrons. The van der Waals surface area contributed by atoms with Crippen molar-refractivity contribution in [3.05, 3.63) is 12.2 Å². The van der Waals surface area contributed by atoms with E-state index in [2.05, 4.69) is 44.2 Å². The molecule has 0 spiro atoms. The number of aromatic nitrogens is 3. The molecule has 0 amide bonds. The van der Waals surface area contributed by atoms with Crippen LogP contribution in [-0.2, 0) is 13.0 Å². The second-order valence-electron chi connectivity index (χ2n) is 5.53. The summed E-state index contributed by atoms with van der Waals surface area (Å²) in [5.41, 5.74) is 0. The van der Waals surface area contributed by atoms with Crippen LogP contribution in [-0.4, -0.2) is 39.9 Å². The molecule has 1 aliphatic carbocycles. The summed E-state index contributed by atoms with van der Waals surface area (Å²) in [4.78, 5) is 4.68. The van der Waals surface area contributed by atoms with Gasteiger partial charge in [0.15, 0.2) is 5.96 Å². The first-order valence-corrected chi connectivity index (χ1v) is 8.25. The molecule has 1 aliphatic rings. The van der Waals surface area contributed by atoms with Crippen LogP contribution in [0.5, 0.6) is 0 Å². The zero-order valence-corrected chi connectivity index (χ0v) is 13.3. The van der Waals surface area contributed by atoms with Gasteiger partial charge in [0.1, 0.15) is 12.2 Å². The summed E-state index contributed by atoms with van der Waals surface area (Å²) in [5, 5.41) is 15.0.